The number of nitrogens with zero attached hydrogens (tertiary/aromatic N) is 2. The second-order valence-electron chi connectivity index (χ2n) is 4.42. The Hall–Kier alpha value is -1.59. The van der Waals surface area contributed by atoms with Crippen molar-refractivity contribution in [3.8, 4) is 11.3 Å². The van der Waals surface area contributed by atoms with Gasteiger partial charge in [-0.1, -0.05) is 18.2 Å². The van der Waals surface area contributed by atoms with Crippen molar-refractivity contribution in [1.82, 2.24) is 9.78 Å². The van der Waals surface area contributed by atoms with E-state index in [0.717, 1.165) is 38.8 Å². The van der Waals surface area contributed by atoms with Crippen LogP contribution >= 0.6 is 15.9 Å². The van der Waals surface area contributed by atoms with Crippen LogP contribution in [0.3, 0.4) is 0 Å². The number of fused-ring (bicyclic) bond motifs is 1. The van der Waals surface area contributed by atoms with Crippen LogP contribution in [-0.2, 0) is 13.5 Å². The first-order valence-electron chi connectivity index (χ1n) is 6.10. The van der Waals surface area contributed by atoms with Crippen molar-refractivity contribution in [2.75, 3.05) is 6.54 Å². The van der Waals surface area contributed by atoms with Crippen molar-refractivity contribution in [2.45, 2.75) is 6.42 Å². The average molecular weight is 320 g/mol. The molecule has 0 fully saturated rings. The van der Waals surface area contributed by atoms with E-state index in [1.807, 2.05) is 29.9 Å². The van der Waals surface area contributed by atoms with E-state index in [2.05, 4.69) is 27.1 Å². The van der Waals surface area contributed by atoms with Crippen LogP contribution in [0, 0.1) is 0 Å². The molecule has 5 heteroatoms. The van der Waals surface area contributed by atoms with Crippen LogP contribution in [-0.4, -0.2) is 16.3 Å². The van der Waals surface area contributed by atoms with Crippen LogP contribution in [0.15, 0.2) is 39.4 Å². The molecule has 2 N–H and O–H groups in total. The molecule has 3 rings (SSSR count). The lowest BCUT2D eigenvalue weighted by Gasteiger charge is -2.00. The zero-order valence-electron chi connectivity index (χ0n) is 10.6. The van der Waals surface area contributed by atoms with Crippen LogP contribution in [0.4, 0.5) is 0 Å². The molecule has 1 aromatic carbocycles. The molecule has 3 aromatic rings. The summed E-state index contributed by atoms with van der Waals surface area (Å²) in [5.74, 6) is 0. The van der Waals surface area contributed by atoms with Gasteiger partial charge in [0.1, 0.15) is 11.8 Å². The van der Waals surface area contributed by atoms with Gasteiger partial charge < -0.3 is 10.2 Å². The fraction of sp³-hybridized carbons (Fsp3) is 0.214. The number of hydrogen-bond acceptors (Lipinski definition) is 3. The summed E-state index contributed by atoms with van der Waals surface area (Å²) in [7, 11) is 1.93. The van der Waals surface area contributed by atoms with Crippen LogP contribution in [0.5, 0.6) is 0 Å². The maximum absolute atomic E-state index is 5.61. The Kier molecular flexibility index (Phi) is 3.16. The first-order chi connectivity index (χ1) is 9.22. The molecule has 98 valence electrons. The lowest BCUT2D eigenvalue weighted by Crippen LogP contribution is -2.04. The minimum atomic E-state index is 0.585. The summed E-state index contributed by atoms with van der Waals surface area (Å²) in [6.07, 6.45) is 2.53. The zero-order valence-corrected chi connectivity index (χ0v) is 12.1. The van der Waals surface area contributed by atoms with E-state index >= 15 is 0 Å². The van der Waals surface area contributed by atoms with Crippen molar-refractivity contribution in [3.05, 3.63) is 40.7 Å². The average Bonchev–Trinajstić information content (AvgIpc) is 2.93. The fourth-order valence-electron chi connectivity index (χ4n) is 2.30. The maximum Gasteiger partial charge on any atom is 0.134 e. The highest BCUT2D eigenvalue weighted by molar-refractivity contribution is 9.10. The number of aromatic nitrogens is 2. The quantitative estimate of drug-likeness (QED) is 0.807. The molecular formula is C14H14BrN3O. The molecule has 0 radical (unpaired) electrons. The van der Waals surface area contributed by atoms with E-state index in [1.165, 1.54) is 0 Å². The van der Waals surface area contributed by atoms with E-state index in [9.17, 15) is 0 Å². The highest BCUT2D eigenvalue weighted by Crippen LogP contribution is 2.36. The Morgan fingerprint density at radius 3 is 2.95 bits per heavy atom. The van der Waals surface area contributed by atoms with Crippen LogP contribution in [0.2, 0.25) is 0 Å². The molecule has 0 amide bonds. The van der Waals surface area contributed by atoms with E-state index in [0.29, 0.717) is 6.54 Å². The molecule has 0 aliphatic heterocycles. The number of para-hydroxylation sites is 1. The van der Waals surface area contributed by atoms with Gasteiger partial charge in [-0.15, -0.1) is 0 Å². The summed E-state index contributed by atoms with van der Waals surface area (Å²) in [4.78, 5) is 0. The SMILES string of the molecule is Cn1nc(CCN)c(Br)c1-c1coc2ccccc12. The van der Waals surface area contributed by atoms with Gasteiger partial charge in [-0.2, -0.15) is 5.10 Å². The van der Waals surface area contributed by atoms with Crippen LogP contribution in [0.25, 0.3) is 22.2 Å². The topological polar surface area (TPSA) is 57.0 Å². The molecule has 2 aromatic heterocycles. The molecule has 0 aliphatic carbocycles. The number of benzene rings is 1. The standard InChI is InChI=1S/C14H14BrN3O/c1-18-14(13(15)11(17-18)6-7-16)10-8-19-12-5-3-2-4-9(10)12/h2-5,8H,6-7,16H2,1H3. The molecule has 0 spiro atoms. The minimum Gasteiger partial charge on any atom is -0.464 e. The van der Waals surface area contributed by atoms with E-state index in [4.69, 9.17) is 10.2 Å². The molecule has 0 saturated carbocycles. The molecule has 0 bridgehead atoms. The Balaban J connectivity index is 2.21. The first-order valence-corrected chi connectivity index (χ1v) is 6.89. The van der Waals surface area contributed by atoms with Gasteiger partial charge in [0.15, 0.2) is 0 Å². The Bertz CT molecular complexity index is 729. The second kappa shape index (κ2) is 4.83. The van der Waals surface area contributed by atoms with Gasteiger partial charge in [0.25, 0.3) is 0 Å². The zero-order chi connectivity index (χ0) is 13.4. The van der Waals surface area contributed by atoms with Gasteiger partial charge in [0.05, 0.1) is 15.9 Å². The monoisotopic (exact) mass is 319 g/mol. The smallest absolute Gasteiger partial charge is 0.134 e. The van der Waals surface area contributed by atoms with Crippen molar-refractivity contribution in [3.63, 3.8) is 0 Å². The molecule has 2 heterocycles. The second-order valence-corrected chi connectivity index (χ2v) is 5.21. The Morgan fingerprint density at radius 2 is 2.16 bits per heavy atom. The summed E-state index contributed by atoms with van der Waals surface area (Å²) in [6, 6.07) is 7.99. The molecule has 4 nitrogen and oxygen atoms in total. The Morgan fingerprint density at radius 1 is 1.37 bits per heavy atom. The van der Waals surface area contributed by atoms with Crippen molar-refractivity contribution >= 4 is 26.9 Å². The number of nitrogens with two attached hydrogens (primary N) is 1. The van der Waals surface area contributed by atoms with Gasteiger partial charge in [-0.25, -0.2) is 0 Å². The van der Waals surface area contributed by atoms with Crippen molar-refractivity contribution in [1.29, 1.82) is 0 Å². The summed E-state index contributed by atoms with van der Waals surface area (Å²) in [5.41, 5.74) is 9.53. The third kappa shape index (κ3) is 1.99. The number of furan rings is 1. The fourth-order valence-corrected chi connectivity index (χ4v) is 3.05. The maximum atomic E-state index is 5.61. The van der Waals surface area contributed by atoms with Crippen LogP contribution in [0.1, 0.15) is 5.69 Å². The normalized spacial score (nSPS) is 11.3. The largest absolute Gasteiger partial charge is 0.464 e. The van der Waals surface area contributed by atoms with Crippen molar-refractivity contribution in [2.24, 2.45) is 12.8 Å². The van der Waals surface area contributed by atoms with Gasteiger partial charge in [-0.3, -0.25) is 4.68 Å². The van der Waals surface area contributed by atoms with Gasteiger partial charge >= 0.3 is 0 Å². The predicted molar refractivity (Wildman–Crippen MR) is 78.9 cm³/mol. The van der Waals surface area contributed by atoms with Gasteiger partial charge in [0, 0.05) is 24.4 Å². The van der Waals surface area contributed by atoms with Gasteiger partial charge in [-0.05, 0) is 28.5 Å². The van der Waals surface area contributed by atoms with Crippen LogP contribution < -0.4 is 5.73 Å². The molecular weight excluding hydrogens is 306 g/mol. The summed E-state index contributed by atoms with van der Waals surface area (Å²) >= 11 is 3.63. The predicted octanol–water partition coefficient (Wildman–Crippen LogP) is 3.10. The summed E-state index contributed by atoms with van der Waals surface area (Å²) in [5, 5.41) is 5.60. The Labute approximate surface area is 119 Å². The number of aryl methyl sites for hydroxylation is 1. The highest BCUT2D eigenvalue weighted by Gasteiger charge is 2.18. The summed E-state index contributed by atoms with van der Waals surface area (Å²) < 4.78 is 8.46. The molecule has 0 atom stereocenters. The molecule has 19 heavy (non-hydrogen) atoms. The lowest BCUT2D eigenvalue weighted by atomic mass is 10.1. The molecule has 0 unspecified atom stereocenters. The first kappa shape index (κ1) is 12.4. The van der Waals surface area contributed by atoms with Gasteiger partial charge in [0.2, 0.25) is 0 Å². The molecule has 0 aliphatic rings. The number of hydrogen-bond donors (Lipinski definition) is 1. The third-order valence-corrected chi connectivity index (χ3v) is 4.01. The summed E-state index contributed by atoms with van der Waals surface area (Å²) in [6.45, 7) is 0.585. The number of halogens is 1. The lowest BCUT2D eigenvalue weighted by molar-refractivity contribution is 0.616. The molecule has 0 saturated heterocycles. The van der Waals surface area contributed by atoms with E-state index < -0.39 is 0 Å². The number of rotatable bonds is 3. The minimum absolute atomic E-state index is 0.585. The van der Waals surface area contributed by atoms with E-state index in [1.54, 1.807) is 6.26 Å². The van der Waals surface area contributed by atoms with Crippen molar-refractivity contribution < 1.29 is 4.42 Å². The third-order valence-electron chi connectivity index (χ3n) is 3.17. The highest BCUT2D eigenvalue weighted by atomic mass is 79.9. The van der Waals surface area contributed by atoms with E-state index in [-0.39, 0.29) is 0 Å².